The standard InChI is InChI=1S/C12H21Cl2N5/c1-4-19(5-2)7-8(3)16-11-9(13)6-10(14)12(17-11)18-15/h6,8H,4-5,7,15H2,1-3H3,(H2,16,17,18). The van der Waals surface area contributed by atoms with Crippen LogP contribution in [0.5, 0.6) is 0 Å². The van der Waals surface area contributed by atoms with Gasteiger partial charge in [0.05, 0.1) is 10.0 Å². The molecule has 0 aromatic carbocycles. The van der Waals surface area contributed by atoms with Crippen molar-refractivity contribution in [2.45, 2.75) is 26.8 Å². The van der Waals surface area contributed by atoms with E-state index in [0.717, 1.165) is 19.6 Å². The van der Waals surface area contributed by atoms with Crippen molar-refractivity contribution in [3.63, 3.8) is 0 Å². The minimum atomic E-state index is 0.219. The van der Waals surface area contributed by atoms with Crippen molar-refractivity contribution in [3.05, 3.63) is 16.1 Å². The number of rotatable bonds is 7. The molecular weight excluding hydrogens is 285 g/mol. The molecule has 1 atom stereocenters. The molecule has 0 aliphatic rings. The molecule has 0 amide bonds. The van der Waals surface area contributed by atoms with E-state index in [1.54, 1.807) is 6.07 Å². The van der Waals surface area contributed by atoms with Crippen molar-refractivity contribution < 1.29 is 0 Å². The van der Waals surface area contributed by atoms with Gasteiger partial charge in [0, 0.05) is 12.6 Å². The van der Waals surface area contributed by atoms with Crippen LogP contribution in [0.25, 0.3) is 0 Å². The molecule has 0 radical (unpaired) electrons. The van der Waals surface area contributed by atoms with Crippen LogP contribution >= 0.6 is 23.2 Å². The lowest BCUT2D eigenvalue weighted by Gasteiger charge is -2.24. The zero-order chi connectivity index (χ0) is 14.4. The zero-order valence-corrected chi connectivity index (χ0v) is 13.0. The number of hydrogen-bond acceptors (Lipinski definition) is 5. The van der Waals surface area contributed by atoms with Crippen molar-refractivity contribution in [3.8, 4) is 0 Å². The predicted octanol–water partition coefficient (Wildman–Crippen LogP) is 2.82. The van der Waals surface area contributed by atoms with E-state index in [1.165, 1.54) is 0 Å². The molecule has 0 bridgehead atoms. The van der Waals surface area contributed by atoms with E-state index in [-0.39, 0.29) is 6.04 Å². The Morgan fingerprint density at radius 3 is 2.37 bits per heavy atom. The summed E-state index contributed by atoms with van der Waals surface area (Å²) in [4.78, 5) is 6.58. The quantitative estimate of drug-likeness (QED) is 0.534. The number of hydrazine groups is 1. The highest BCUT2D eigenvalue weighted by atomic mass is 35.5. The van der Waals surface area contributed by atoms with Gasteiger partial charge in [-0.05, 0) is 26.1 Å². The molecule has 0 aliphatic heterocycles. The third-order valence-corrected chi connectivity index (χ3v) is 3.45. The van der Waals surface area contributed by atoms with Crippen LogP contribution in [0.1, 0.15) is 20.8 Å². The first-order valence-corrected chi connectivity index (χ1v) is 7.08. The molecule has 4 N–H and O–H groups in total. The molecule has 0 saturated carbocycles. The highest BCUT2D eigenvalue weighted by Gasteiger charge is 2.12. The van der Waals surface area contributed by atoms with Gasteiger partial charge >= 0.3 is 0 Å². The predicted molar refractivity (Wildman–Crippen MR) is 82.9 cm³/mol. The monoisotopic (exact) mass is 305 g/mol. The van der Waals surface area contributed by atoms with Crippen LogP contribution in [0.2, 0.25) is 10.0 Å². The van der Waals surface area contributed by atoms with E-state index in [1.807, 2.05) is 0 Å². The van der Waals surface area contributed by atoms with Crippen LogP contribution < -0.4 is 16.6 Å². The molecule has 5 nitrogen and oxygen atoms in total. The summed E-state index contributed by atoms with van der Waals surface area (Å²) < 4.78 is 0. The van der Waals surface area contributed by atoms with Crippen LogP contribution in [-0.4, -0.2) is 35.6 Å². The lowest BCUT2D eigenvalue weighted by Crippen LogP contribution is -2.35. The summed E-state index contributed by atoms with van der Waals surface area (Å²) in [6.07, 6.45) is 0. The van der Waals surface area contributed by atoms with Gasteiger partial charge in [-0.3, -0.25) is 0 Å². The minimum absolute atomic E-state index is 0.219. The smallest absolute Gasteiger partial charge is 0.161 e. The molecule has 1 heterocycles. The number of pyridine rings is 1. The number of anilines is 2. The molecule has 1 aromatic rings. The average molecular weight is 306 g/mol. The van der Waals surface area contributed by atoms with Crippen LogP contribution in [0.4, 0.5) is 11.6 Å². The largest absolute Gasteiger partial charge is 0.365 e. The van der Waals surface area contributed by atoms with Gasteiger partial charge in [0.1, 0.15) is 5.82 Å². The van der Waals surface area contributed by atoms with E-state index in [9.17, 15) is 0 Å². The van der Waals surface area contributed by atoms with Crippen molar-refractivity contribution in [2.24, 2.45) is 5.84 Å². The molecule has 108 valence electrons. The molecule has 0 fully saturated rings. The number of likely N-dealkylation sites (N-methyl/N-ethyl adjacent to an activating group) is 1. The number of nitrogen functional groups attached to an aromatic ring is 1. The lowest BCUT2D eigenvalue weighted by atomic mass is 10.3. The Kier molecular flexibility index (Phi) is 6.65. The number of nitrogens with two attached hydrogens (primary N) is 1. The first kappa shape index (κ1) is 16.3. The van der Waals surface area contributed by atoms with Crippen molar-refractivity contribution in [2.75, 3.05) is 30.4 Å². The average Bonchev–Trinajstić information content (AvgIpc) is 2.39. The molecule has 1 rings (SSSR count). The van der Waals surface area contributed by atoms with Gasteiger partial charge in [-0.1, -0.05) is 37.0 Å². The molecule has 7 heteroatoms. The maximum atomic E-state index is 6.12. The number of halogens is 2. The maximum Gasteiger partial charge on any atom is 0.161 e. The SMILES string of the molecule is CCN(CC)CC(C)Nc1nc(NN)c(Cl)cc1Cl. The Hall–Kier alpha value is -0.750. The summed E-state index contributed by atoms with van der Waals surface area (Å²) in [5.41, 5.74) is 2.45. The van der Waals surface area contributed by atoms with E-state index >= 15 is 0 Å². The third kappa shape index (κ3) is 4.69. The van der Waals surface area contributed by atoms with Gasteiger partial charge in [-0.15, -0.1) is 0 Å². The van der Waals surface area contributed by atoms with E-state index in [0.29, 0.717) is 21.7 Å². The Bertz CT molecular complexity index is 409. The van der Waals surface area contributed by atoms with Gasteiger partial charge in [-0.2, -0.15) is 0 Å². The Morgan fingerprint density at radius 1 is 1.26 bits per heavy atom. The van der Waals surface area contributed by atoms with Crippen LogP contribution in [-0.2, 0) is 0 Å². The summed E-state index contributed by atoms with van der Waals surface area (Å²) in [6, 6.07) is 1.84. The minimum Gasteiger partial charge on any atom is -0.365 e. The molecule has 1 unspecified atom stereocenters. The fourth-order valence-corrected chi connectivity index (χ4v) is 2.28. The lowest BCUT2D eigenvalue weighted by molar-refractivity contribution is 0.294. The second-order valence-corrected chi connectivity index (χ2v) is 5.14. The molecule has 1 aromatic heterocycles. The van der Waals surface area contributed by atoms with Gasteiger partial charge in [0.2, 0.25) is 0 Å². The summed E-state index contributed by atoms with van der Waals surface area (Å²) in [6.45, 7) is 9.31. The van der Waals surface area contributed by atoms with Gasteiger partial charge in [-0.25, -0.2) is 10.8 Å². The van der Waals surface area contributed by atoms with Crippen molar-refractivity contribution in [1.82, 2.24) is 9.88 Å². The zero-order valence-electron chi connectivity index (χ0n) is 11.5. The fourth-order valence-electron chi connectivity index (χ4n) is 1.82. The van der Waals surface area contributed by atoms with Gasteiger partial charge in [0.15, 0.2) is 5.82 Å². The summed E-state index contributed by atoms with van der Waals surface area (Å²) >= 11 is 12.1. The first-order chi connectivity index (χ1) is 9.01. The Labute approximate surface area is 124 Å². The van der Waals surface area contributed by atoms with Crippen LogP contribution in [0.3, 0.4) is 0 Å². The maximum absolute atomic E-state index is 6.12. The number of nitrogens with zero attached hydrogens (tertiary/aromatic N) is 2. The second kappa shape index (κ2) is 7.75. The highest BCUT2D eigenvalue weighted by Crippen LogP contribution is 2.28. The topological polar surface area (TPSA) is 66.2 Å². The van der Waals surface area contributed by atoms with Crippen LogP contribution in [0, 0.1) is 0 Å². The van der Waals surface area contributed by atoms with E-state index < -0.39 is 0 Å². The number of nitrogens with one attached hydrogen (secondary N) is 2. The Balaban J connectivity index is 2.76. The molecule has 0 saturated heterocycles. The normalized spacial score (nSPS) is 12.6. The first-order valence-electron chi connectivity index (χ1n) is 6.33. The van der Waals surface area contributed by atoms with Crippen molar-refractivity contribution in [1.29, 1.82) is 0 Å². The van der Waals surface area contributed by atoms with Crippen LogP contribution in [0.15, 0.2) is 6.07 Å². The van der Waals surface area contributed by atoms with Gasteiger partial charge in [0.25, 0.3) is 0 Å². The molecule has 19 heavy (non-hydrogen) atoms. The van der Waals surface area contributed by atoms with Gasteiger partial charge < -0.3 is 15.6 Å². The summed E-state index contributed by atoms with van der Waals surface area (Å²) in [5.74, 6) is 6.34. The number of hydrogen-bond donors (Lipinski definition) is 3. The second-order valence-electron chi connectivity index (χ2n) is 4.32. The molecule has 0 aliphatic carbocycles. The summed E-state index contributed by atoms with van der Waals surface area (Å²) in [5, 5.41) is 4.15. The number of aromatic nitrogens is 1. The van der Waals surface area contributed by atoms with E-state index in [2.05, 4.69) is 41.4 Å². The highest BCUT2D eigenvalue weighted by molar-refractivity contribution is 6.37. The van der Waals surface area contributed by atoms with Crippen molar-refractivity contribution >= 4 is 34.8 Å². The summed E-state index contributed by atoms with van der Waals surface area (Å²) in [7, 11) is 0. The Morgan fingerprint density at radius 2 is 1.84 bits per heavy atom. The third-order valence-electron chi connectivity index (χ3n) is 2.88. The fraction of sp³-hybridized carbons (Fsp3) is 0.583. The molecular formula is C12H21Cl2N5. The molecule has 0 spiro atoms. The van der Waals surface area contributed by atoms with E-state index in [4.69, 9.17) is 29.0 Å².